The minimum absolute atomic E-state index is 0.0499. The first-order valence-corrected chi connectivity index (χ1v) is 14.1. The highest BCUT2D eigenvalue weighted by Crippen LogP contribution is 2.67. The highest BCUT2D eigenvalue weighted by molar-refractivity contribution is 5.79. The van der Waals surface area contributed by atoms with Crippen LogP contribution < -0.4 is 0 Å². The Kier molecular flexibility index (Phi) is 5.63. The van der Waals surface area contributed by atoms with Crippen molar-refractivity contribution in [1.29, 1.82) is 0 Å². The van der Waals surface area contributed by atoms with Gasteiger partial charge in [0.05, 0.1) is 24.7 Å². The van der Waals surface area contributed by atoms with Crippen molar-refractivity contribution in [2.45, 2.75) is 96.9 Å². The zero-order valence-corrected chi connectivity index (χ0v) is 23.3. The third kappa shape index (κ3) is 3.32. The molecule has 7 nitrogen and oxygen atoms in total. The molecule has 2 saturated carbocycles. The number of ether oxygens (including phenoxy) is 3. The molecule has 8 atom stereocenters. The fraction of sp³-hybridized carbons (Fsp3) is 0.897. The molecule has 3 aliphatic carbocycles. The highest BCUT2D eigenvalue weighted by atomic mass is 16.7. The highest BCUT2D eigenvalue weighted by Gasteiger charge is 2.69. The standard InChI is InChI=1S/C29H46N2O5/c1-17-8-10-27(4)12-19-28(5,11-9-20-29(19,33)16-34-20)24-23(22(17)26(27,2)3)35-21(36-24)15-31-13-18(14-31)25(32)30(6)7/h18-21,23-24,33H,8-16H2,1-7H3/t19?,20-,21-,23-,24-,27+,28-,29-/m1/s1. The van der Waals surface area contributed by atoms with Crippen molar-refractivity contribution in [2.24, 2.45) is 28.1 Å². The third-order valence-corrected chi connectivity index (χ3v) is 11.7. The number of hydrogen-bond acceptors (Lipinski definition) is 6. The molecule has 202 valence electrons. The van der Waals surface area contributed by atoms with Crippen LogP contribution in [0.3, 0.4) is 0 Å². The number of fused-ring (bicyclic) bond motifs is 8. The van der Waals surface area contributed by atoms with Gasteiger partial charge in [0.1, 0.15) is 11.7 Å². The monoisotopic (exact) mass is 502 g/mol. The van der Waals surface area contributed by atoms with Crippen molar-refractivity contribution in [3.8, 4) is 0 Å². The maximum atomic E-state index is 12.3. The summed E-state index contributed by atoms with van der Waals surface area (Å²) in [5.41, 5.74) is 1.96. The van der Waals surface area contributed by atoms with Gasteiger partial charge >= 0.3 is 0 Å². The number of carbonyl (C=O) groups excluding carboxylic acids is 1. The fourth-order valence-electron chi connectivity index (χ4n) is 8.90. The van der Waals surface area contributed by atoms with Gasteiger partial charge in [0.2, 0.25) is 5.91 Å². The van der Waals surface area contributed by atoms with E-state index in [0.29, 0.717) is 13.2 Å². The van der Waals surface area contributed by atoms with Gasteiger partial charge in [-0.1, -0.05) is 33.3 Å². The van der Waals surface area contributed by atoms with Gasteiger partial charge in [-0.2, -0.15) is 0 Å². The lowest BCUT2D eigenvalue weighted by Crippen LogP contribution is -2.72. The smallest absolute Gasteiger partial charge is 0.227 e. The molecule has 0 aromatic heterocycles. The Hall–Kier alpha value is -0.990. The van der Waals surface area contributed by atoms with Crippen molar-refractivity contribution in [3.63, 3.8) is 0 Å². The molecule has 3 aliphatic heterocycles. The summed E-state index contributed by atoms with van der Waals surface area (Å²) in [6.45, 7) is 14.5. The number of aliphatic hydroxyl groups is 1. The quantitative estimate of drug-likeness (QED) is 0.598. The van der Waals surface area contributed by atoms with Gasteiger partial charge in [0.15, 0.2) is 6.29 Å². The lowest BCUT2D eigenvalue weighted by molar-refractivity contribution is -0.318. The third-order valence-electron chi connectivity index (χ3n) is 11.7. The molecule has 1 N–H and O–H groups in total. The number of hydrogen-bond donors (Lipinski definition) is 1. The molecule has 0 spiro atoms. The predicted molar refractivity (Wildman–Crippen MR) is 136 cm³/mol. The van der Waals surface area contributed by atoms with Crippen molar-refractivity contribution in [3.05, 3.63) is 11.1 Å². The van der Waals surface area contributed by atoms with Crippen LogP contribution in [0.15, 0.2) is 11.1 Å². The first-order valence-electron chi connectivity index (χ1n) is 14.1. The summed E-state index contributed by atoms with van der Waals surface area (Å²) >= 11 is 0. The van der Waals surface area contributed by atoms with Crippen LogP contribution in [0.4, 0.5) is 0 Å². The normalized spacial score (nSPS) is 48.1. The van der Waals surface area contributed by atoms with E-state index in [4.69, 9.17) is 14.2 Å². The van der Waals surface area contributed by atoms with E-state index in [1.807, 2.05) is 14.1 Å². The van der Waals surface area contributed by atoms with Crippen LogP contribution in [0.25, 0.3) is 0 Å². The summed E-state index contributed by atoms with van der Waals surface area (Å²) in [5, 5.41) is 12.0. The summed E-state index contributed by atoms with van der Waals surface area (Å²) in [6, 6.07) is 0. The molecular weight excluding hydrogens is 456 g/mol. The number of amides is 1. The molecule has 3 heterocycles. The van der Waals surface area contributed by atoms with Crippen molar-refractivity contribution in [2.75, 3.05) is 40.3 Å². The van der Waals surface area contributed by atoms with Crippen LogP contribution in [0, 0.1) is 28.1 Å². The van der Waals surface area contributed by atoms with Crippen LogP contribution in [-0.2, 0) is 19.0 Å². The van der Waals surface area contributed by atoms with Crippen LogP contribution in [0.2, 0.25) is 0 Å². The predicted octanol–water partition coefficient (Wildman–Crippen LogP) is 3.21. The Bertz CT molecular complexity index is 973. The maximum absolute atomic E-state index is 12.3. The van der Waals surface area contributed by atoms with Crippen molar-refractivity contribution in [1.82, 2.24) is 9.80 Å². The maximum Gasteiger partial charge on any atom is 0.227 e. The van der Waals surface area contributed by atoms with E-state index in [1.165, 1.54) is 11.1 Å². The van der Waals surface area contributed by atoms with Gasteiger partial charge in [-0.15, -0.1) is 0 Å². The van der Waals surface area contributed by atoms with Crippen LogP contribution in [-0.4, -0.2) is 91.4 Å². The van der Waals surface area contributed by atoms with Gasteiger partial charge in [-0.3, -0.25) is 9.69 Å². The summed E-state index contributed by atoms with van der Waals surface area (Å²) in [6.07, 6.45) is 4.50. The number of likely N-dealkylation sites (tertiary alicyclic amines) is 1. The number of carbonyl (C=O) groups is 1. The van der Waals surface area contributed by atoms with Gasteiger partial charge in [0.25, 0.3) is 0 Å². The molecule has 1 unspecified atom stereocenters. The zero-order valence-electron chi connectivity index (χ0n) is 23.3. The van der Waals surface area contributed by atoms with Crippen LogP contribution in [0.5, 0.6) is 0 Å². The second kappa shape index (κ2) is 8.01. The molecule has 0 radical (unpaired) electrons. The molecule has 2 bridgehead atoms. The lowest BCUT2D eigenvalue weighted by atomic mass is 9.44. The van der Waals surface area contributed by atoms with Crippen molar-refractivity contribution < 1.29 is 24.1 Å². The van der Waals surface area contributed by atoms with E-state index in [-0.39, 0.29) is 58.6 Å². The first-order chi connectivity index (χ1) is 16.8. The summed E-state index contributed by atoms with van der Waals surface area (Å²) in [7, 11) is 3.65. The van der Waals surface area contributed by atoms with E-state index in [9.17, 15) is 9.90 Å². The Morgan fingerprint density at radius 2 is 1.86 bits per heavy atom. The molecule has 6 rings (SSSR count). The molecule has 0 aromatic carbocycles. The first kappa shape index (κ1) is 25.3. The molecule has 36 heavy (non-hydrogen) atoms. The Morgan fingerprint density at radius 1 is 1.14 bits per heavy atom. The molecule has 6 aliphatic rings. The SMILES string of the molecule is CC1=C2[C@H]3O[C@@H](CN4CC(C(=O)N(C)C)C4)O[C@H]3[C@]3(C)CC[C@H]4OC[C@@]4(O)C3C[C@](C)(CC1)C2(C)C. The van der Waals surface area contributed by atoms with Crippen molar-refractivity contribution >= 4 is 5.91 Å². The van der Waals surface area contributed by atoms with Gasteiger partial charge in [-0.25, -0.2) is 0 Å². The van der Waals surface area contributed by atoms with Gasteiger partial charge in [0, 0.05) is 45.1 Å². The fourth-order valence-corrected chi connectivity index (χ4v) is 8.90. The summed E-state index contributed by atoms with van der Waals surface area (Å²) in [4.78, 5) is 16.3. The molecule has 1 amide bonds. The van der Waals surface area contributed by atoms with Crippen LogP contribution >= 0.6 is 0 Å². The zero-order chi connectivity index (χ0) is 25.8. The largest absolute Gasteiger partial charge is 0.384 e. The number of rotatable bonds is 3. The van der Waals surface area contributed by atoms with E-state index < -0.39 is 5.60 Å². The van der Waals surface area contributed by atoms with E-state index in [2.05, 4.69) is 39.5 Å². The second-order valence-corrected chi connectivity index (χ2v) is 14.2. The molecular formula is C29H46N2O5. The topological polar surface area (TPSA) is 71.5 Å². The molecule has 3 saturated heterocycles. The Labute approximate surface area is 216 Å². The summed E-state index contributed by atoms with van der Waals surface area (Å²) in [5.74, 6) is 0.388. The van der Waals surface area contributed by atoms with Gasteiger partial charge in [-0.05, 0) is 55.4 Å². The molecule has 5 fully saturated rings. The Morgan fingerprint density at radius 3 is 2.50 bits per heavy atom. The molecule has 0 aromatic rings. The lowest BCUT2D eigenvalue weighted by Gasteiger charge is -2.66. The van der Waals surface area contributed by atoms with E-state index in [1.54, 1.807) is 4.90 Å². The van der Waals surface area contributed by atoms with Crippen LogP contribution in [0.1, 0.15) is 66.7 Å². The Balaban J connectivity index is 1.33. The number of allylic oxidation sites excluding steroid dienone is 1. The second-order valence-electron chi connectivity index (χ2n) is 14.2. The minimum Gasteiger partial charge on any atom is -0.384 e. The van der Waals surface area contributed by atoms with E-state index in [0.717, 1.165) is 45.2 Å². The minimum atomic E-state index is -0.775. The van der Waals surface area contributed by atoms with Gasteiger partial charge < -0.3 is 24.2 Å². The number of nitrogens with zero attached hydrogens (tertiary/aromatic N) is 2. The van der Waals surface area contributed by atoms with E-state index >= 15 is 0 Å². The summed E-state index contributed by atoms with van der Waals surface area (Å²) < 4.78 is 19.7. The molecule has 7 heteroatoms. The average Bonchev–Trinajstić information content (AvgIpc) is 3.18. The average molecular weight is 503 g/mol.